The van der Waals surface area contributed by atoms with E-state index in [1.54, 1.807) is 0 Å². The van der Waals surface area contributed by atoms with Gasteiger partial charge in [0.05, 0.1) is 0 Å². The van der Waals surface area contributed by atoms with Crippen LogP contribution in [0, 0.1) is 0 Å². The Kier molecular flexibility index (Phi) is 4.31. The van der Waals surface area contributed by atoms with E-state index in [1.807, 2.05) is 38.3 Å². The van der Waals surface area contributed by atoms with Gasteiger partial charge in [0.2, 0.25) is 0 Å². The minimum atomic E-state index is 0.883. The third-order valence-electron chi connectivity index (χ3n) is 2.03. The summed E-state index contributed by atoms with van der Waals surface area (Å²) in [6.45, 7) is 0. The third-order valence-corrected chi connectivity index (χ3v) is 2.03. The van der Waals surface area contributed by atoms with Gasteiger partial charge in [0.1, 0.15) is 6.29 Å². The largest absolute Gasteiger partial charge is 0.361 e. The highest BCUT2D eigenvalue weighted by Crippen LogP contribution is 2.03. The van der Waals surface area contributed by atoms with E-state index in [9.17, 15) is 4.79 Å². The van der Waals surface area contributed by atoms with Crippen LogP contribution in [0.4, 0.5) is 0 Å². The molecule has 1 aromatic heterocycles. The van der Waals surface area contributed by atoms with Crippen LogP contribution in [-0.4, -0.2) is 37.3 Å². The van der Waals surface area contributed by atoms with Crippen LogP contribution in [0.25, 0.3) is 11.6 Å². The topological polar surface area (TPSA) is 36.1 Å². The summed E-state index contributed by atoms with van der Waals surface area (Å²) in [7, 11) is 6.00. The second kappa shape index (κ2) is 5.51. The van der Waals surface area contributed by atoms with E-state index >= 15 is 0 Å². The summed E-state index contributed by atoms with van der Waals surface area (Å²) in [6, 6.07) is 1.95. The lowest BCUT2D eigenvalue weighted by molar-refractivity contribution is -0.103. The van der Waals surface area contributed by atoms with Gasteiger partial charge < -0.3 is 9.88 Å². The Morgan fingerprint density at radius 1 is 1.40 bits per heavy atom. The predicted octanol–water partition coefficient (Wildman–Crippen LogP) is 0.116. The van der Waals surface area contributed by atoms with Crippen LogP contribution in [0.15, 0.2) is 12.3 Å². The number of nitrogens with one attached hydrogen (secondary N) is 1. The van der Waals surface area contributed by atoms with Gasteiger partial charge in [0.15, 0.2) is 0 Å². The second-order valence-corrected chi connectivity index (χ2v) is 4.03. The summed E-state index contributed by atoms with van der Waals surface area (Å²) < 4.78 is 0. The second-order valence-electron chi connectivity index (χ2n) is 4.03. The lowest BCUT2D eigenvalue weighted by Crippen LogP contribution is -2.27. The number of carbonyl (C=O) groups excluding carboxylic acids is 1. The first-order chi connectivity index (χ1) is 7.15. The molecule has 2 rings (SSSR count). The summed E-state index contributed by atoms with van der Waals surface area (Å²) in [6.07, 6.45) is 6.81. The molecule has 1 N–H and O–H groups in total. The highest BCUT2D eigenvalue weighted by atomic mass is 16.1. The fourth-order valence-corrected chi connectivity index (χ4v) is 1.46. The number of fused-ring (bicyclic) bond motifs is 1. The zero-order chi connectivity index (χ0) is 11.3. The fourth-order valence-electron chi connectivity index (χ4n) is 1.46. The van der Waals surface area contributed by atoms with Gasteiger partial charge in [0.25, 0.3) is 0 Å². The number of carbonyl (C=O) groups is 1. The van der Waals surface area contributed by atoms with Crippen LogP contribution < -0.4 is 10.6 Å². The molecule has 1 aliphatic rings. The normalized spacial score (nSPS) is 13.7. The number of aromatic nitrogens is 1. The molecular formula is C12H18N2O. The molecular weight excluding hydrogens is 188 g/mol. The van der Waals surface area contributed by atoms with Crippen molar-refractivity contribution in [3.8, 4) is 0 Å². The van der Waals surface area contributed by atoms with Crippen LogP contribution in [-0.2, 0) is 4.79 Å². The van der Waals surface area contributed by atoms with Gasteiger partial charge in [-0.2, -0.15) is 0 Å². The van der Waals surface area contributed by atoms with Gasteiger partial charge >= 0.3 is 0 Å². The first-order valence-electron chi connectivity index (χ1n) is 5.08. The first-order valence-corrected chi connectivity index (χ1v) is 5.08. The third kappa shape index (κ3) is 3.36. The van der Waals surface area contributed by atoms with Crippen molar-refractivity contribution in [2.45, 2.75) is 12.8 Å². The zero-order valence-corrected chi connectivity index (χ0v) is 9.58. The molecule has 3 nitrogen and oxygen atoms in total. The molecule has 0 aliphatic heterocycles. The number of aromatic amines is 1. The molecule has 0 unspecified atom stereocenters. The number of hydrogen-bond acceptors (Lipinski definition) is 2. The number of H-pyrrole nitrogens is 1. The van der Waals surface area contributed by atoms with Gasteiger partial charge in [-0.1, -0.05) is 6.08 Å². The van der Waals surface area contributed by atoms with E-state index in [-0.39, 0.29) is 0 Å². The summed E-state index contributed by atoms with van der Waals surface area (Å²) in [5, 5.41) is 2.17. The minimum Gasteiger partial charge on any atom is -0.361 e. The van der Waals surface area contributed by atoms with Crippen LogP contribution >= 0.6 is 0 Å². The Bertz CT molecular complexity index is 426. The summed E-state index contributed by atoms with van der Waals surface area (Å²) in [5.41, 5.74) is 0.920. The van der Waals surface area contributed by atoms with Crippen molar-refractivity contribution in [1.82, 2.24) is 9.88 Å². The number of nitrogens with zero attached hydrogens (tertiary/aromatic N) is 1. The molecule has 0 fully saturated rings. The van der Waals surface area contributed by atoms with Crippen molar-refractivity contribution in [3.05, 3.63) is 22.8 Å². The van der Waals surface area contributed by atoms with Crippen molar-refractivity contribution in [1.29, 1.82) is 0 Å². The van der Waals surface area contributed by atoms with Crippen molar-refractivity contribution < 1.29 is 4.79 Å². The highest BCUT2D eigenvalue weighted by Gasteiger charge is 2.02. The molecule has 0 radical (unpaired) electrons. The average Bonchev–Trinajstić information content (AvgIpc) is 2.63. The van der Waals surface area contributed by atoms with Gasteiger partial charge in [-0.25, -0.2) is 0 Å². The van der Waals surface area contributed by atoms with E-state index < -0.39 is 0 Å². The quantitative estimate of drug-likeness (QED) is 0.662. The maximum Gasteiger partial charge on any atom is 0.146 e. The van der Waals surface area contributed by atoms with Gasteiger partial charge in [-0.05, 0) is 40.1 Å². The molecule has 0 aromatic carbocycles. The Balaban J connectivity index is 0.000000245. The summed E-state index contributed by atoms with van der Waals surface area (Å²) in [4.78, 5) is 15.6. The molecule has 0 amide bonds. The standard InChI is InChI=1S/C9H9NO.C3H9N/c11-6-7-2-1-3-9-8(7)4-5-10-9;1-4(2)3/h3-6,10H,1-2H2;1-3H3. The molecule has 1 aromatic rings. The van der Waals surface area contributed by atoms with E-state index in [0.717, 1.165) is 35.3 Å². The Morgan fingerprint density at radius 2 is 2.07 bits per heavy atom. The number of aldehydes is 1. The number of hydrogen-bond donors (Lipinski definition) is 1. The Labute approximate surface area is 90.1 Å². The van der Waals surface area contributed by atoms with Crippen molar-refractivity contribution >= 4 is 17.9 Å². The van der Waals surface area contributed by atoms with Crippen molar-refractivity contribution in [2.24, 2.45) is 0 Å². The molecule has 0 saturated carbocycles. The molecule has 1 heterocycles. The SMILES string of the molecule is CN(C)C.O=CC1=c2cc[nH]c2=CCC1. The summed E-state index contributed by atoms with van der Waals surface area (Å²) >= 11 is 0. The molecule has 82 valence electrons. The van der Waals surface area contributed by atoms with E-state index in [4.69, 9.17) is 0 Å². The van der Waals surface area contributed by atoms with E-state index in [2.05, 4.69) is 11.1 Å². The lowest BCUT2D eigenvalue weighted by atomic mass is 10.1. The highest BCUT2D eigenvalue weighted by molar-refractivity contribution is 5.98. The smallest absolute Gasteiger partial charge is 0.146 e. The maximum absolute atomic E-state index is 10.6. The first kappa shape index (κ1) is 11.7. The van der Waals surface area contributed by atoms with Crippen LogP contribution in [0.3, 0.4) is 0 Å². The molecule has 15 heavy (non-hydrogen) atoms. The van der Waals surface area contributed by atoms with Gasteiger partial charge in [-0.15, -0.1) is 0 Å². The Morgan fingerprint density at radius 3 is 2.67 bits per heavy atom. The lowest BCUT2D eigenvalue weighted by Gasteiger charge is -1.99. The zero-order valence-electron chi connectivity index (χ0n) is 9.58. The van der Waals surface area contributed by atoms with Crippen LogP contribution in [0.1, 0.15) is 12.8 Å². The molecule has 3 heteroatoms. The number of rotatable bonds is 1. The van der Waals surface area contributed by atoms with Gasteiger partial charge in [-0.3, -0.25) is 4.79 Å². The minimum absolute atomic E-state index is 0.883. The maximum atomic E-state index is 10.6. The molecule has 1 aliphatic carbocycles. The van der Waals surface area contributed by atoms with Crippen molar-refractivity contribution in [2.75, 3.05) is 21.1 Å². The van der Waals surface area contributed by atoms with Crippen LogP contribution in [0.2, 0.25) is 0 Å². The molecule has 0 saturated heterocycles. The molecule has 0 bridgehead atoms. The average molecular weight is 206 g/mol. The Hall–Kier alpha value is -1.35. The van der Waals surface area contributed by atoms with Gasteiger partial charge in [0, 0.05) is 22.3 Å². The summed E-state index contributed by atoms with van der Waals surface area (Å²) in [5.74, 6) is 0. The van der Waals surface area contributed by atoms with Crippen LogP contribution in [0.5, 0.6) is 0 Å². The van der Waals surface area contributed by atoms with E-state index in [1.165, 1.54) is 0 Å². The fraction of sp³-hybridized carbons (Fsp3) is 0.417. The van der Waals surface area contributed by atoms with Crippen molar-refractivity contribution in [3.63, 3.8) is 0 Å². The monoisotopic (exact) mass is 206 g/mol. The predicted molar refractivity (Wildman–Crippen MR) is 62.8 cm³/mol. The molecule has 0 atom stereocenters. The van der Waals surface area contributed by atoms with E-state index in [0.29, 0.717) is 0 Å². The molecule has 0 spiro atoms.